The van der Waals surface area contributed by atoms with E-state index in [0.717, 1.165) is 0 Å². The number of rotatable bonds is 4. The van der Waals surface area contributed by atoms with Crippen molar-refractivity contribution >= 4 is 12.1 Å². The first-order valence-corrected chi connectivity index (χ1v) is 5.75. The van der Waals surface area contributed by atoms with E-state index in [0.29, 0.717) is 5.69 Å². The first-order chi connectivity index (χ1) is 8.78. The summed E-state index contributed by atoms with van der Waals surface area (Å²) in [6.07, 6.45) is 1.81. The first-order valence-electron chi connectivity index (χ1n) is 5.75. The molecule has 0 aliphatic heterocycles. The van der Waals surface area contributed by atoms with Gasteiger partial charge in [0.1, 0.15) is 11.9 Å². The Morgan fingerprint density at radius 3 is 2.63 bits per heavy atom. The minimum absolute atomic E-state index is 0.281. The molecule has 1 rings (SSSR count). The molecule has 19 heavy (non-hydrogen) atoms. The summed E-state index contributed by atoms with van der Waals surface area (Å²) in [5.41, 5.74) is -0.230. The average molecular weight is 267 g/mol. The van der Waals surface area contributed by atoms with Crippen molar-refractivity contribution in [2.45, 2.75) is 38.8 Å². The predicted molar refractivity (Wildman–Crippen MR) is 66.4 cm³/mol. The second-order valence-corrected chi connectivity index (χ2v) is 4.93. The smallest absolute Gasteiger partial charge is 0.408 e. The van der Waals surface area contributed by atoms with E-state index >= 15 is 0 Å². The number of aromatic nitrogens is 2. The van der Waals surface area contributed by atoms with Crippen molar-refractivity contribution < 1.29 is 19.4 Å². The molecule has 7 heteroatoms. The van der Waals surface area contributed by atoms with Crippen LogP contribution in [0.5, 0.6) is 0 Å². The summed E-state index contributed by atoms with van der Waals surface area (Å²) in [6.45, 7) is 5.18. The Bertz CT molecular complexity index is 442. The number of nitrogens with zero attached hydrogens (tertiary/aromatic N) is 2. The third-order valence-electron chi connectivity index (χ3n) is 2.03. The van der Waals surface area contributed by atoms with Gasteiger partial charge in [0.05, 0.1) is 18.2 Å². The summed E-state index contributed by atoms with van der Waals surface area (Å²) in [6, 6.07) is 0.792. The molecule has 1 aromatic heterocycles. The molecule has 0 spiro atoms. The van der Waals surface area contributed by atoms with Gasteiger partial charge >= 0.3 is 12.1 Å². The van der Waals surface area contributed by atoms with E-state index in [4.69, 9.17) is 9.84 Å². The standard InChI is InChI=1S/C12H17N3O4/c1-12(2,3)19-11(18)15-9(6-10(16)17)8-4-5-13-7-14-8/h4-5,7,9H,6H2,1-3H3,(H,15,18)(H,16,17). The fraction of sp³-hybridized carbons (Fsp3) is 0.500. The van der Waals surface area contributed by atoms with Crippen molar-refractivity contribution in [3.05, 3.63) is 24.3 Å². The summed E-state index contributed by atoms with van der Waals surface area (Å²) < 4.78 is 5.08. The predicted octanol–water partition coefficient (Wildman–Crippen LogP) is 1.52. The molecule has 1 amide bonds. The summed E-state index contributed by atoms with van der Waals surface area (Å²) in [7, 11) is 0. The van der Waals surface area contributed by atoms with Crippen LogP contribution < -0.4 is 5.32 Å². The lowest BCUT2D eigenvalue weighted by Crippen LogP contribution is -2.36. The molecule has 0 fully saturated rings. The number of carboxylic acid groups (broad SMARTS) is 1. The van der Waals surface area contributed by atoms with Crippen molar-refractivity contribution in [2.75, 3.05) is 0 Å². The van der Waals surface area contributed by atoms with Crippen molar-refractivity contribution in [1.29, 1.82) is 0 Å². The summed E-state index contributed by atoms with van der Waals surface area (Å²) in [5, 5.41) is 11.3. The van der Waals surface area contributed by atoms with E-state index < -0.39 is 23.7 Å². The molecular formula is C12H17N3O4. The van der Waals surface area contributed by atoms with Gasteiger partial charge in [0, 0.05) is 6.20 Å². The van der Waals surface area contributed by atoms with Crippen molar-refractivity contribution in [3.8, 4) is 0 Å². The molecule has 0 radical (unpaired) electrons. The third-order valence-corrected chi connectivity index (χ3v) is 2.03. The third kappa shape index (κ3) is 5.80. The molecule has 0 saturated carbocycles. The molecule has 0 aliphatic carbocycles. The zero-order valence-corrected chi connectivity index (χ0v) is 11.1. The number of carbonyl (C=O) groups is 2. The van der Waals surface area contributed by atoms with E-state index in [1.54, 1.807) is 26.8 Å². The molecule has 1 atom stereocenters. The van der Waals surface area contributed by atoms with Gasteiger partial charge in [0.2, 0.25) is 0 Å². The molecular weight excluding hydrogens is 250 g/mol. The number of alkyl carbamates (subject to hydrolysis) is 1. The summed E-state index contributed by atoms with van der Waals surface area (Å²) in [4.78, 5) is 30.1. The molecule has 7 nitrogen and oxygen atoms in total. The topological polar surface area (TPSA) is 101 Å². The van der Waals surface area contributed by atoms with Crippen LogP contribution in [0.15, 0.2) is 18.6 Å². The van der Waals surface area contributed by atoms with Crippen LogP contribution in [0.1, 0.15) is 38.9 Å². The van der Waals surface area contributed by atoms with E-state index in [1.165, 1.54) is 12.5 Å². The normalized spacial score (nSPS) is 12.6. The molecule has 2 N–H and O–H groups in total. The Balaban J connectivity index is 2.76. The average Bonchev–Trinajstić information content (AvgIpc) is 2.26. The number of carbonyl (C=O) groups excluding carboxylic acids is 1. The summed E-state index contributed by atoms with van der Waals surface area (Å²) in [5.74, 6) is -1.04. The Labute approximate surface area is 111 Å². The van der Waals surface area contributed by atoms with Crippen molar-refractivity contribution in [2.24, 2.45) is 0 Å². The Morgan fingerprint density at radius 2 is 2.16 bits per heavy atom. The Hall–Kier alpha value is -2.18. The van der Waals surface area contributed by atoms with Crippen LogP contribution in [0.3, 0.4) is 0 Å². The van der Waals surface area contributed by atoms with Gasteiger partial charge in [-0.1, -0.05) is 0 Å². The van der Waals surface area contributed by atoms with Crippen LogP contribution in [-0.2, 0) is 9.53 Å². The van der Waals surface area contributed by atoms with Gasteiger partial charge in [-0.25, -0.2) is 14.8 Å². The highest BCUT2D eigenvalue weighted by atomic mass is 16.6. The van der Waals surface area contributed by atoms with Gasteiger partial charge in [-0.05, 0) is 26.8 Å². The lowest BCUT2D eigenvalue weighted by atomic mass is 10.1. The first kappa shape index (κ1) is 14.9. The number of nitrogens with one attached hydrogen (secondary N) is 1. The fourth-order valence-corrected chi connectivity index (χ4v) is 1.36. The molecule has 0 saturated heterocycles. The van der Waals surface area contributed by atoms with Crippen LogP contribution >= 0.6 is 0 Å². The van der Waals surface area contributed by atoms with Crippen LogP contribution in [0.4, 0.5) is 4.79 Å². The van der Waals surface area contributed by atoms with Crippen molar-refractivity contribution in [1.82, 2.24) is 15.3 Å². The Morgan fingerprint density at radius 1 is 1.47 bits per heavy atom. The summed E-state index contributed by atoms with van der Waals surface area (Å²) >= 11 is 0. The molecule has 0 aliphatic rings. The van der Waals surface area contributed by atoms with Crippen LogP contribution in [0.2, 0.25) is 0 Å². The van der Waals surface area contributed by atoms with Gasteiger partial charge in [-0.3, -0.25) is 4.79 Å². The number of amides is 1. The maximum Gasteiger partial charge on any atom is 0.408 e. The highest BCUT2D eigenvalue weighted by molar-refractivity contribution is 5.71. The van der Waals surface area contributed by atoms with Crippen LogP contribution in [0, 0.1) is 0 Å². The highest BCUT2D eigenvalue weighted by Gasteiger charge is 2.23. The maximum absolute atomic E-state index is 11.7. The van der Waals surface area contributed by atoms with Crippen molar-refractivity contribution in [3.63, 3.8) is 0 Å². The van der Waals surface area contributed by atoms with Gasteiger partial charge in [0.15, 0.2) is 0 Å². The van der Waals surface area contributed by atoms with Crippen LogP contribution in [-0.4, -0.2) is 32.7 Å². The lowest BCUT2D eigenvalue weighted by Gasteiger charge is -2.22. The zero-order chi connectivity index (χ0) is 14.5. The Kier molecular flexibility index (Phi) is 4.80. The van der Waals surface area contributed by atoms with Crippen LogP contribution in [0.25, 0.3) is 0 Å². The van der Waals surface area contributed by atoms with E-state index in [9.17, 15) is 9.59 Å². The molecule has 104 valence electrons. The number of aliphatic carboxylic acids is 1. The minimum atomic E-state index is -1.04. The van der Waals surface area contributed by atoms with E-state index in [-0.39, 0.29) is 6.42 Å². The molecule has 1 unspecified atom stereocenters. The lowest BCUT2D eigenvalue weighted by molar-refractivity contribution is -0.137. The fourth-order valence-electron chi connectivity index (χ4n) is 1.36. The van der Waals surface area contributed by atoms with E-state index in [2.05, 4.69) is 15.3 Å². The monoisotopic (exact) mass is 267 g/mol. The minimum Gasteiger partial charge on any atom is -0.481 e. The molecule has 1 aromatic rings. The van der Waals surface area contributed by atoms with Gasteiger partial charge < -0.3 is 15.2 Å². The van der Waals surface area contributed by atoms with Gasteiger partial charge in [0.25, 0.3) is 0 Å². The number of hydrogen-bond acceptors (Lipinski definition) is 5. The molecule has 0 bridgehead atoms. The second-order valence-electron chi connectivity index (χ2n) is 4.93. The van der Waals surface area contributed by atoms with Gasteiger partial charge in [-0.2, -0.15) is 0 Å². The highest BCUT2D eigenvalue weighted by Crippen LogP contribution is 2.15. The zero-order valence-electron chi connectivity index (χ0n) is 11.1. The number of carboxylic acids is 1. The molecule has 0 aromatic carbocycles. The number of hydrogen-bond donors (Lipinski definition) is 2. The van der Waals surface area contributed by atoms with Gasteiger partial charge in [-0.15, -0.1) is 0 Å². The number of ether oxygens (including phenoxy) is 1. The second kappa shape index (κ2) is 6.12. The van der Waals surface area contributed by atoms with E-state index in [1.807, 2.05) is 0 Å². The largest absolute Gasteiger partial charge is 0.481 e. The maximum atomic E-state index is 11.7. The molecule has 1 heterocycles. The SMILES string of the molecule is CC(C)(C)OC(=O)NC(CC(=O)O)c1ccncn1. The quantitative estimate of drug-likeness (QED) is 0.857.